The SMILES string of the molecule is N#Cc1cc(F)cc2nc3n(c12)C1(CCC1)N3C(=O)CC1CC(F)(F)C1(F)F. The molecule has 2 heterocycles. The summed E-state index contributed by atoms with van der Waals surface area (Å²) in [6, 6.07) is 4.12. The summed E-state index contributed by atoms with van der Waals surface area (Å²) in [5.74, 6) is -11.3. The quantitative estimate of drug-likeness (QED) is 0.723. The van der Waals surface area contributed by atoms with E-state index in [0.29, 0.717) is 18.4 Å². The molecule has 1 atom stereocenters. The summed E-state index contributed by atoms with van der Waals surface area (Å²) in [5.41, 5.74) is -0.194. The lowest BCUT2D eigenvalue weighted by molar-refractivity contribution is -0.313. The molecule has 3 aliphatic rings. The first-order valence-electron chi connectivity index (χ1n) is 8.84. The molecular formula is C18H13F5N4O. The second-order valence-corrected chi connectivity index (χ2v) is 7.68. The zero-order valence-corrected chi connectivity index (χ0v) is 14.4. The highest BCUT2D eigenvalue weighted by molar-refractivity contribution is 6.00. The van der Waals surface area contributed by atoms with E-state index in [0.717, 1.165) is 18.6 Å². The van der Waals surface area contributed by atoms with Gasteiger partial charge in [-0.2, -0.15) is 22.8 Å². The van der Waals surface area contributed by atoms with Crippen molar-refractivity contribution in [2.45, 2.75) is 49.6 Å². The maximum absolute atomic E-state index is 13.7. The molecule has 2 aliphatic carbocycles. The van der Waals surface area contributed by atoms with Gasteiger partial charge in [-0.05, 0) is 25.3 Å². The molecule has 1 aliphatic heterocycles. The van der Waals surface area contributed by atoms with E-state index in [9.17, 15) is 32.0 Å². The number of amides is 1. The third kappa shape index (κ3) is 1.84. The van der Waals surface area contributed by atoms with Gasteiger partial charge in [-0.25, -0.2) is 9.37 Å². The van der Waals surface area contributed by atoms with Crippen molar-refractivity contribution >= 4 is 22.9 Å². The summed E-state index contributed by atoms with van der Waals surface area (Å²) < 4.78 is 68.8. The summed E-state index contributed by atoms with van der Waals surface area (Å²) in [7, 11) is 0. The average molecular weight is 396 g/mol. The molecule has 5 rings (SSSR count). The van der Waals surface area contributed by atoms with Crippen LogP contribution in [0, 0.1) is 23.1 Å². The molecule has 10 heteroatoms. The van der Waals surface area contributed by atoms with Gasteiger partial charge in [0.15, 0.2) is 0 Å². The number of halogens is 5. The van der Waals surface area contributed by atoms with Crippen molar-refractivity contribution in [1.82, 2.24) is 9.55 Å². The van der Waals surface area contributed by atoms with Gasteiger partial charge in [-0.3, -0.25) is 14.3 Å². The Kier molecular flexibility index (Phi) is 3.12. The van der Waals surface area contributed by atoms with Crippen LogP contribution in [0.1, 0.15) is 37.7 Å². The maximum Gasteiger partial charge on any atom is 0.313 e. The monoisotopic (exact) mass is 396 g/mol. The van der Waals surface area contributed by atoms with Crippen LogP contribution in [0.4, 0.5) is 27.9 Å². The number of hydrogen-bond donors (Lipinski definition) is 0. The molecule has 0 saturated heterocycles. The average Bonchev–Trinajstić information content (AvgIpc) is 2.87. The van der Waals surface area contributed by atoms with E-state index in [2.05, 4.69) is 4.98 Å². The van der Waals surface area contributed by atoms with Crippen molar-refractivity contribution in [1.29, 1.82) is 5.26 Å². The second kappa shape index (κ2) is 5.01. The number of nitriles is 1. The number of rotatable bonds is 2. The normalized spacial score (nSPS) is 25.4. The Morgan fingerprint density at radius 3 is 2.54 bits per heavy atom. The van der Waals surface area contributed by atoms with Crippen molar-refractivity contribution < 1.29 is 26.7 Å². The molecule has 1 amide bonds. The molecule has 0 bridgehead atoms. The lowest BCUT2D eigenvalue weighted by Crippen LogP contribution is -2.67. The molecule has 2 saturated carbocycles. The Labute approximate surface area is 155 Å². The van der Waals surface area contributed by atoms with E-state index >= 15 is 0 Å². The first kappa shape index (κ1) is 17.4. The predicted molar refractivity (Wildman–Crippen MR) is 86.3 cm³/mol. The van der Waals surface area contributed by atoms with Crippen LogP contribution >= 0.6 is 0 Å². The van der Waals surface area contributed by atoms with Crippen molar-refractivity contribution in [3.05, 3.63) is 23.5 Å². The number of benzene rings is 1. The Morgan fingerprint density at radius 1 is 1.29 bits per heavy atom. The largest absolute Gasteiger partial charge is 0.313 e. The minimum Gasteiger partial charge on any atom is -0.284 e. The third-order valence-electron chi connectivity index (χ3n) is 6.18. The Morgan fingerprint density at radius 2 is 2.00 bits per heavy atom. The number of imidazole rings is 1. The van der Waals surface area contributed by atoms with E-state index in [1.807, 2.05) is 6.07 Å². The molecule has 2 fully saturated rings. The Bertz CT molecular complexity index is 1080. The number of anilines is 1. The second-order valence-electron chi connectivity index (χ2n) is 7.68. The molecule has 2 aromatic rings. The summed E-state index contributed by atoms with van der Waals surface area (Å²) in [5, 5.41) is 9.33. The lowest BCUT2D eigenvalue weighted by Gasteiger charge is -2.58. The van der Waals surface area contributed by atoms with Crippen LogP contribution in [0.5, 0.6) is 0 Å². The number of fused-ring (bicyclic) bond motifs is 4. The number of aromatic nitrogens is 2. The van der Waals surface area contributed by atoms with Gasteiger partial charge < -0.3 is 0 Å². The summed E-state index contributed by atoms with van der Waals surface area (Å²) in [4.78, 5) is 18.2. The minimum atomic E-state index is -4.21. The fourth-order valence-corrected chi connectivity index (χ4v) is 4.56. The van der Waals surface area contributed by atoms with Crippen LogP contribution in [0.2, 0.25) is 0 Å². The van der Waals surface area contributed by atoms with E-state index in [4.69, 9.17) is 0 Å². The van der Waals surface area contributed by atoms with Gasteiger partial charge in [0.2, 0.25) is 11.9 Å². The molecule has 1 unspecified atom stereocenters. The van der Waals surface area contributed by atoms with E-state index in [-0.39, 0.29) is 17.0 Å². The zero-order valence-electron chi connectivity index (χ0n) is 14.4. The number of nitrogens with zero attached hydrogens (tertiary/aromatic N) is 4. The van der Waals surface area contributed by atoms with Gasteiger partial charge in [0, 0.05) is 24.8 Å². The van der Waals surface area contributed by atoms with Gasteiger partial charge >= 0.3 is 11.8 Å². The lowest BCUT2D eigenvalue weighted by atomic mass is 9.73. The third-order valence-corrected chi connectivity index (χ3v) is 6.18. The van der Waals surface area contributed by atoms with Crippen LogP contribution in [-0.4, -0.2) is 27.3 Å². The van der Waals surface area contributed by atoms with Gasteiger partial charge in [0.1, 0.15) is 17.5 Å². The summed E-state index contributed by atoms with van der Waals surface area (Å²) >= 11 is 0. The predicted octanol–water partition coefficient (Wildman–Crippen LogP) is 3.91. The van der Waals surface area contributed by atoms with Crippen LogP contribution < -0.4 is 4.90 Å². The molecule has 28 heavy (non-hydrogen) atoms. The van der Waals surface area contributed by atoms with Crippen molar-refractivity contribution in [2.75, 3.05) is 4.90 Å². The first-order chi connectivity index (χ1) is 13.1. The van der Waals surface area contributed by atoms with Crippen LogP contribution in [0.15, 0.2) is 12.1 Å². The highest BCUT2D eigenvalue weighted by atomic mass is 19.3. The number of carbonyl (C=O) groups is 1. The summed E-state index contributed by atoms with van der Waals surface area (Å²) in [6.07, 6.45) is 0.0662. The van der Waals surface area contributed by atoms with Gasteiger partial charge in [0.25, 0.3) is 0 Å². The fourth-order valence-electron chi connectivity index (χ4n) is 4.56. The molecule has 5 nitrogen and oxygen atoms in total. The van der Waals surface area contributed by atoms with E-state index in [1.54, 1.807) is 4.57 Å². The Hall–Kier alpha value is -2.70. The topological polar surface area (TPSA) is 61.9 Å². The van der Waals surface area contributed by atoms with Crippen molar-refractivity contribution in [3.63, 3.8) is 0 Å². The maximum atomic E-state index is 13.7. The van der Waals surface area contributed by atoms with Crippen molar-refractivity contribution in [3.8, 4) is 6.07 Å². The molecule has 0 radical (unpaired) electrons. The van der Waals surface area contributed by atoms with Crippen LogP contribution in [-0.2, 0) is 10.5 Å². The molecule has 0 N–H and O–H groups in total. The van der Waals surface area contributed by atoms with Crippen LogP contribution in [0.25, 0.3) is 11.0 Å². The van der Waals surface area contributed by atoms with Crippen molar-refractivity contribution in [2.24, 2.45) is 5.92 Å². The first-order valence-corrected chi connectivity index (χ1v) is 8.84. The number of carbonyl (C=O) groups excluding carboxylic acids is 1. The highest BCUT2D eigenvalue weighted by Gasteiger charge is 2.72. The Balaban J connectivity index is 1.53. The minimum absolute atomic E-state index is 0.0669. The van der Waals surface area contributed by atoms with Gasteiger partial charge in [-0.15, -0.1) is 0 Å². The molecule has 1 aromatic carbocycles. The molecule has 1 aromatic heterocycles. The molecule has 1 spiro atoms. The number of alkyl halides is 4. The van der Waals surface area contributed by atoms with Gasteiger partial charge in [0.05, 0.1) is 16.6 Å². The highest BCUT2D eigenvalue weighted by Crippen LogP contribution is 2.59. The summed E-state index contributed by atoms with van der Waals surface area (Å²) in [6.45, 7) is 0. The molecular weight excluding hydrogens is 383 g/mol. The standard InChI is InChI=1S/C18H13F5N4O/c19-11-4-9(8-24)14-12(6-11)25-15-26(16(27(14)15)2-1-3-16)13(28)5-10-7-17(20,21)18(10,22)23/h4,6,10H,1-3,5,7H2. The van der Waals surface area contributed by atoms with Gasteiger partial charge in [-0.1, -0.05) is 0 Å². The fraction of sp³-hybridized carbons (Fsp3) is 0.500. The van der Waals surface area contributed by atoms with E-state index in [1.165, 1.54) is 4.90 Å². The zero-order chi connectivity index (χ0) is 20.1. The number of hydrogen-bond acceptors (Lipinski definition) is 3. The van der Waals surface area contributed by atoms with E-state index < -0.39 is 48.0 Å². The molecule has 146 valence electrons. The van der Waals surface area contributed by atoms with Crippen LogP contribution in [0.3, 0.4) is 0 Å². The smallest absolute Gasteiger partial charge is 0.284 e.